The molecule has 0 amide bonds. The summed E-state index contributed by atoms with van der Waals surface area (Å²) in [7, 11) is 0. The number of hydrogen-bond acceptors (Lipinski definition) is 0. The third kappa shape index (κ3) is 7.64. The first-order chi connectivity index (χ1) is 42.9. The van der Waals surface area contributed by atoms with E-state index >= 15 is 0 Å². The van der Waals surface area contributed by atoms with Gasteiger partial charge >= 0.3 is 0 Å². The average molecular weight is 1100 g/mol. The Morgan fingerprint density at radius 1 is 0.184 bits per heavy atom. The SMILES string of the molecule is CC1(C)c2ccccc2-c2cc(-c3ccc(-c4ccc5c6c(cccc46)-c4ccc6ccccc6c4-5)cc3)ccc21.c1ccc(-c2ccc3cc(-c4ccc5cc(-c6ccc7c8c(cccc68)-c6ccc8ccccc8c6-7)ccc5c4)ccc3c2)cc1. The molecule has 19 rings (SSSR count). The molecule has 0 fully saturated rings. The van der Waals surface area contributed by atoms with Crippen molar-refractivity contribution in [2.75, 3.05) is 0 Å². The highest BCUT2D eigenvalue weighted by Crippen LogP contribution is 2.55. The average Bonchev–Trinajstić information content (AvgIpc) is 1.65. The van der Waals surface area contributed by atoms with Crippen LogP contribution in [0.25, 0.3) is 176 Å². The summed E-state index contributed by atoms with van der Waals surface area (Å²) in [6, 6.07) is 113. The molecule has 0 aliphatic heterocycles. The number of rotatable bonds is 5. The standard InChI is InChI=1S/C46H28.C41H28/c1-2-7-29(8-3-1)31-13-14-33-26-34(16-15-32(33)25-31)35-17-18-37-28-38(20-19-36(37)27-35)39-23-24-44-45-40-10-5-4-9-30(40)21-22-43(45)42-12-6-11-41(39)46(42)44;1-41(2)37-13-6-5-10-31(37)36-24-28(19-23-38(36)41)25-14-16-27(17-15-25)29-21-22-35-39-30-9-4-3-8-26(30)18-20-34(39)33-12-7-11-32(29)40(33)35/h1-28H;3-24H,1-2H3. The van der Waals surface area contributed by atoms with Gasteiger partial charge in [0.1, 0.15) is 0 Å². The van der Waals surface area contributed by atoms with Gasteiger partial charge in [0.25, 0.3) is 0 Å². The van der Waals surface area contributed by atoms with Gasteiger partial charge < -0.3 is 0 Å². The molecular formula is C87H56. The predicted molar refractivity (Wildman–Crippen MR) is 372 cm³/mol. The summed E-state index contributed by atoms with van der Waals surface area (Å²) < 4.78 is 0. The molecule has 0 spiro atoms. The van der Waals surface area contributed by atoms with Crippen LogP contribution in [-0.2, 0) is 5.41 Å². The lowest BCUT2D eigenvalue weighted by molar-refractivity contribution is 0.660. The predicted octanol–water partition coefficient (Wildman–Crippen LogP) is 24.2. The van der Waals surface area contributed by atoms with E-state index in [9.17, 15) is 0 Å². The van der Waals surface area contributed by atoms with Crippen molar-refractivity contribution in [2.45, 2.75) is 19.3 Å². The van der Waals surface area contributed by atoms with E-state index in [1.165, 1.54) is 187 Å². The Labute approximate surface area is 506 Å². The Bertz CT molecular complexity index is 5580. The van der Waals surface area contributed by atoms with Crippen molar-refractivity contribution < 1.29 is 0 Å². The molecule has 0 heterocycles. The molecule has 3 aliphatic rings. The number of hydrogen-bond donors (Lipinski definition) is 0. The molecule has 87 heavy (non-hydrogen) atoms. The van der Waals surface area contributed by atoms with Crippen LogP contribution < -0.4 is 0 Å². The Hall–Kier alpha value is -10.9. The fourth-order valence-electron chi connectivity index (χ4n) is 15.3. The second-order valence-corrected chi connectivity index (χ2v) is 24.6. The minimum atomic E-state index is 0.0377. The van der Waals surface area contributed by atoms with Gasteiger partial charge in [-0.2, -0.15) is 0 Å². The molecule has 0 unspecified atom stereocenters. The highest BCUT2D eigenvalue weighted by Gasteiger charge is 2.35. The van der Waals surface area contributed by atoms with Crippen LogP contribution in [0.4, 0.5) is 0 Å². The van der Waals surface area contributed by atoms with Crippen molar-refractivity contribution in [1.82, 2.24) is 0 Å². The molecule has 0 saturated carbocycles. The maximum absolute atomic E-state index is 2.39. The zero-order valence-corrected chi connectivity index (χ0v) is 48.4. The largest absolute Gasteiger partial charge is 0.0622 e. The highest BCUT2D eigenvalue weighted by atomic mass is 14.4. The smallest absolute Gasteiger partial charge is 0.0158 e. The van der Waals surface area contributed by atoms with E-state index in [2.05, 4.69) is 317 Å². The molecule has 404 valence electrons. The van der Waals surface area contributed by atoms with Gasteiger partial charge in [0, 0.05) is 5.41 Å². The van der Waals surface area contributed by atoms with Gasteiger partial charge in [-0.05, 0) is 217 Å². The summed E-state index contributed by atoms with van der Waals surface area (Å²) in [5.41, 5.74) is 29.0. The summed E-state index contributed by atoms with van der Waals surface area (Å²) in [5, 5.41) is 15.7. The third-order valence-electron chi connectivity index (χ3n) is 19.6. The van der Waals surface area contributed by atoms with Gasteiger partial charge in [-0.15, -0.1) is 0 Å². The maximum Gasteiger partial charge on any atom is 0.0158 e. The van der Waals surface area contributed by atoms with Crippen LogP contribution in [0.15, 0.2) is 303 Å². The number of benzene rings is 16. The first-order valence-electron chi connectivity index (χ1n) is 30.5. The van der Waals surface area contributed by atoms with E-state index in [1.54, 1.807) is 0 Å². The molecule has 0 heteroatoms. The van der Waals surface area contributed by atoms with Crippen LogP contribution in [0.1, 0.15) is 25.0 Å². The van der Waals surface area contributed by atoms with Crippen LogP contribution >= 0.6 is 0 Å². The second kappa shape index (κ2) is 19.0. The lowest BCUT2D eigenvalue weighted by Crippen LogP contribution is -2.14. The lowest BCUT2D eigenvalue weighted by Gasteiger charge is -2.21. The molecule has 0 atom stereocenters. The third-order valence-corrected chi connectivity index (χ3v) is 19.6. The molecule has 3 aliphatic carbocycles. The second-order valence-electron chi connectivity index (χ2n) is 24.6. The Kier molecular flexibility index (Phi) is 10.8. The molecule has 0 aromatic heterocycles. The van der Waals surface area contributed by atoms with Crippen LogP contribution in [0, 0.1) is 0 Å². The quantitative estimate of drug-likeness (QED) is 0.161. The normalized spacial score (nSPS) is 12.8. The zero-order chi connectivity index (χ0) is 57.5. The molecule has 0 saturated heterocycles. The van der Waals surface area contributed by atoms with E-state index < -0.39 is 0 Å². The van der Waals surface area contributed by atoms with Crippen LogP contribution in [0.5, 0.6) is 0 Å². The van der Waals surface area contributed by atoms with Gasteiger partial charge in [-0.1, -0.05) is 287 Å². The topological polar surface area (TPSA) is 0 Å². The van der Waals surface area contributed by atoms with Gasteiger partial charge in [0.2, 0.25) is 0 Å². The van der Waals surface area contributed by atoms with E-state index in [0.29, 0.717) is 0 Å². The van der Waals surface area contributed by atoms with Crippen molar-refractivity contribution in [3.8, 4) is 111 Å². The van der Waals surface area contributed by atoms with E-state index in [-0.39, 0.29) is 5.41 Å². The van der Waals surface area contributed by atoms with Gasteiger partial charge in [0.05, 0.1) is 0 Å². The van der Waals surface area contributed by atoms with E-state index in [4.69, 9.17) is 0 Å². The fraction of sp³-hybridized carbons (Fsp3) is 0.0345. The number of fused-ring (bicyclic) bond motifs is 15. The van der Waals surface area contributed by atoms with Crippen LogP contribution in [0.3, 0.4) is 0 Å². The molecule has 0 bridgehead atoms. The fourth-order valence-corrected chi connectivity index (χ4v) is 15.3. The van der Waals surface area contributed by atoms with Crippen molar-refractivity contribution in [1.29, 1.82) is 0 Å². The molecular weight excluding hydrogens is 1040 g/mol. The first kappa shape index (κ1) is 49.5. The summed E-state index contributed by atoms with van der Waals surface area (Å²) in [4.78, 5) is 0. The van der Waals surface area contributed by atoms with Crippen LogP contribution in [0.2, 0.25) is 0 Å². The van der Waals surface area contributed by atoms with Gasteiger partial charge in [-0.25, -0.2) is 0 Å². The van der Waals surface area contributed by atoms with Gasteiger partial charge in [-0.3, -0.25) is 0 Å². The molecule has 0 radical (unpaired) electrons. The van der Waals surface area contributed by atoms with Crippen molar-refractivity contribution in [3.05, 3.63) is 314 Å². The molecule has 16 aromatic rings. The van der Waals surface area contributed by atoms with Crippen molar-refractivity contribution >= 4 is 64.6 Å². The minimum absolute atomic E-state index is 0.0377. The summed E-state index contributed by atoms with van der Waals surface area (Å²) in [5.74, 6) is 0. The van der Waals surface area contributed by atoms with Crippen LogP contribution in [-0.4, -0.2) is 0 Å². The van der Waals surface area contributed by atoms with E-state index in [1.807, 2.05) is 0 Å². The van der Waals surface area contributed by atoms with Crippen molar-refractivity contribution in [2.24, 2.45) is 0 Å². The lowest BCUT2D eigenvalue weighted by atomic mass is 9.82. The van der Waals surface area contributed by atoms with Gasteiger partial charge in [0.15, 0.2) is 0 Å². The molecule has 0 N–H and O–H groups in total. The highest BCUT2D eigenvalue weighted by molar-refractivity contribution is 6.25. The zero-order valence-electron chi connectivity index (χ0n) is 48.4. The van der Waals surface area contributed by atoms with E-state index in [0.717, 1.165) is 0 Å². The first-order valence-corrected chi connectivity index (χ1v) is 30.5. The Morgan fingerprint density at radius 3 is 1.14 bits per heavy atom. The summed E-state index contributed by atoms with van der Waals surface area (Å²) in [6.45, 7) is 4.68. The maximum atomic E-state index is 2.39. The van der Waals surface area contributed by atoms with Crippen molar-refractivity contribution in [3.63, 3.8) is 0 Å². The minimum Gasteiger partial charge on any atom is -0.0622 e. The Morgan fingerprint density at radius 2 is 0.552 bits per heavy atom. The Balaban J connectivity index is 0.000000132. The monoisotopic (exact) mass is 1100 g/mol. The summed E-state index contributed by atoms with van der Waals surface area (Å²) in [6.07, 6.45) is 0. The summed E-state index contributed by atoms with van der Waals surface area (Å²) >= 11 is 0. The molecule has 16 aromatic carbocycles. The molecule has 0 nitrogen and oxygen atoms in total.